The van der Waals surface area contributed by atoms with Crippen LogP contribution in [0, 0.1) is 6.92 Å². The minimum atomic E-state index is -0.194. The molecule has 0 saturated heterocycles. The van der Waals surface area contributed by atoms with Crippen molar-refractivity contribution in [2.24, 2.45) is 0 Å². The zero-order chi connectivity index (χ0) is 20.9. The van der Waals surface area contributed by atoms with E-state index in [0.717, 1.165) is 11.3 Å². The number of H-pyrrole nitrogens is 1. The van der Waals surface area contributed by atoms with E-state index < -0.39 is 0 Å². The third-order valence-corrected chi connectivity index (χ3v) is 4.61. The zero-order valence-electron chi connectivity index (χ0n) is 16.5. The lowest BCUT2D eigenvalue weighted by molar-refractivity contribution is -0.116. The molecule has 0 spiro atoms. The number of aromatic nitrogens is 2. The number of carbonyl (C=O) groups is 1. The average Bonchev–Trinajstić information content (AvgIpc) is 2.74. The number of hydrogen-bond acceptors (Lipinski definition) is 4. The number of ether oxygens (including phenoxy) is 1. The van der Waals surface area contributed by atoms with Gasteiger partial charge in [-0.25, -0.2) is 4.98 Å². The molecule has 4 aromatic rings. The van der Waals surface area contributed by atoms with Crippen molar-refractivity contribution in [1.82, 2.24) is 9.97 Å². The van der Waals surface area contributed by atoms with Gasteiger partial charge in [0, 0.05) is 18.5 Å². The molecule has 0 aliphatic carbocycles. The Bertz CT molecular complexity index is 1250. The van der Waals surface area contributed by atoms with Crippen molar-refractivity contribution < 1.29 is 9.53 Å². The molecule has 1 amide bonds. The molecule has 1 heterocycles. The SMILES string of the molecule is Cc1cccc(Oc2ccc(NC(=O)CCc3nc4ccccc4c(=O)[nH]3)cc2)c1. The lowest BCUT2D eigenvalue weighted by Gasteiger charge is -2.09. The van der Waals surface area contributed by atoms with Gasteiger partial charge in [0.1, 0.15) is 17.3 Å². The number of rotatable bonds is 6. The van der Waals surface area contributed by atoms with Crippen LogP contribution in [0.25, 0.3) is 10.9 Å². The van der Waals surface area contributed by atoms with E-state index in [1.54, 1.807) is 42.5 Å². The third kappa shape index (κ3) is 4.72. The van der Waals surface area contributed by atoms with E-state index in [1.165, 1.54) is 0 Å². The van der Waals surface area contributed by atoms with E-state index in [9.17, 15) is 9.59 Å². The van der Waals surface area contributed by atoms with Crippen molar-refractivity contribution in [3.63, 3.8) is 0 Å². The van der Waals surface area contributed by atoms with Gasteiger partial charge >= 0.3 is 0 Å². The van der Waals surface area contributed by atoms with Crippen molar-refractivity contribution >= 4 is 22.5 Å². The zero-order valence-corrected chi connectivity index (χ0v) is 16.5. The Morgan fingerprint density at radius 2 is 1.80 bits per heavy atom. The van der Waals surface area contributed by atoms with Crippen LogP contribution in [0.1, 0.15) is 17.8 Å². The van der Waals surface area contributed by atoms with Gasteiger partial charge in [-0.2, -0.15) is 0 Å². The second kappa shape index (κ2) is 8.61. The number of nitrogens with zero attached hydrogens (tertiary/aromatic N) is 1. The lowest BCUT2D eigenvalue weighted by Crippen LogP contribution is -2.16. The van der Waals surface area contributed by atoms with E-state index >= 15 is 0 Å². The quantitative estimate of drug-likeness (QED) is 0.496. The standard InChI is InChI=1S/C24H21N3O3/c1-16-5-4-6-19(15-16)30-18-11-9-17(10-12-18)25-23(28)14-13-22-26-21-8-3-2-7-20(21)24(29)27-22/h2-12,15H,13-14H2,1H3,(H,25,28)(H,26,27,29). The summed E-state index contributed by atoms with van der Waals surface area (Å²) in [4.78, 5) is 31.6. The minimum Gasteiger partial charge on any atom is -0.457 e. The highest BCUT2D eigenvalue weighted by Crippen LogP contribution is 2.23. The van der Waals surface area contributed by atoms with Gasteiger partial charge in [0.2, 0.25) is 5.91 Å². The Morgan fingerprint density at radius 3 is 2.60 bits per heavy atom. The summed E-state index contributed by atoms with van der Waals surface area (Å²) < 4.78 is 5.82. The summed E-state index contributed by atoms with van der Waals surface area (Å²) in [6.45, 7) is 2.01. The molecule has 1 aromatic heterocycles. The predicted octanol–water partition coefficient (Wildman–Crippen LogP) is 4.60. The second-order valence-electron chi connectivity index (χ2n) is 7.02. The maximum Gasteiger partial charge on any atom is 0.258 e. The maximum atomic E-state index is 12.3. The normalized spacial score (nSPS) is 10.7. The molecular formula is C24H21N3O3. The van der Waals surface area contributed by atoms with E-state index in [1.807, 2.05) is 37.3 Å². The molecule has 0 radical (unpaired) electrons. The highest BCUT2D eigenvalue weighted by molar-refractivity contribution is 5.90. The molecule has 0 aliphatic rings. The lowest BCUT2D eigenvalue weighted by atomic mass is 10.2. The summed E-state index contributed by atoms with van der Waals surface area (Å²) in [5, 5.41) is 3.39. The highest BCUT2D eigenvalue weighted by Gasteiger charge is 2.07. The summed E-state index contributed by atoms with van der Waals surface area (Å²) in [5.41, 5.74) is 2.23. The first-order chi connectivity index (χ1) is 14.6. The van der Waals surface area contributed by atoms with Crippen LogP contribution >= 0.6 is 0 Å². The molecule has 2 N–H and O–H groups in total. The number of anilines is 1. The average molecular weight is 399 g/mol. The van der Waals surface area contributed by atoms with Crippen molar-refractivity contribution in [1.29, 1.82) is 0 Å². The number of nitrogens with one attached hydrogen (secondary N) is 2. The molecule has 0 aliphatic heterocycles. The molecule has 0 atom stereocenters. The van der Waals surface area contributed by atoms with Crippen LogP contribution in [0.15, 0.2) is 77.6 Å². The summed E-state index contributed by atoms with van der Waals surface area (Å²) >= 11 is 0. The van der Waals surface area contributed by atoms with Crippen LogP contribution < -0.4 is 15.6 Å². The summed E-state index contributed by atoms with van der Waals surface area (Å²) in [6.07, 6.45) is 0.559. The molecule has 0 fully saturated rings. The smallest absolute Gasteiger partial charge is 0.258 e. The molecule has 0 bridgehead atoms. The van der Waals surface area contributed by atoms with Crippen molar-refractivity contribution in [3.05, 3.63) is 94.5 Å². The number of hydrogen-bond donors (Lipinski definition) is 2. The van der Waals surface area contributed by atoms with Crippen molar-refractivity contribution in [2.75, 3.05) is 5.32 Å². The summed E-state index contributed by atoms with van der Waals surface area (Å²) in [6, 6.07) is 22.1. The highest BCUT2D eigenvalue weighted by atomic mass is 16.5. The number of amides is 1. The van der Waals surface area contributed by atoms with Crippen LogP contribution in [0.4, 0.5) is 5.69 Å². The first-order valence-electron chi connectivity index (χ1n) is 9.69. The van der Waals surface area contributed by atoms with Crippen molar-refractivity contribution in [2.45, 2.75) is 19.8 Å². The Balaban J connectivity index is 1.34. The number of carbonyl (C=O) groups excluding carboxylic acids is 1. The topological polar surface area (TPSA) is 84.1 Å². The van der Waals surface area contributed by atoms with Crippen LogP contribution in [0.3, 0.4) is 0 Å². The fourth-order valence-corrected chi connectivity index (χ4v) is 3.13. The van der Waals surface area contributed by atoms with Crippen LogP contribution in [-0.4, -0.2) is 15.9 Å². The van der Waals surface area contributed by atoms with Crippen LogP contribution in [0.5, 0.6) is 11.5 Å². The summed E-state index contributed by atoms with van der Waals surface area (Å²) in [5.74, 6) is 1.80. The number of benzene rings is 3. The Kier molecular flexibility index (Phi) is 5.57. The van der Waals surface area contributed by atoms with Crippen molar-refractivity contribution in [3.8, 4) is 11.5 Å². The van der Waals surface area contributed by atoms with E-state index in [-0.39, 0.29) is 17.9 Å². The van der Waals surface area contributed by atoms with Gasteiger partial charge in [-0.1, -0.05) is 24.3 Å². The number of fused-ring (bicyclic) bond motifs is 1. The molecule has 0 saturated carbocycles. The Hall–Kier alpha value is -3.93. The van der Waals surface area contributed by atoms with Gasteiger partial charge in [-0.15, -0.1) is 0 Å². The maximum absolute atomic E-state index is 12.3. The molecular weight excluding hydrogens is 378 g/mol. The molecule has 0 unspecified atom stereocenters. The van der Waals surface area contributed by atoms with Gasteiger partial charge in [-0.3, -0.25) is 9.59 Å². The van der Waals surface area contributed by atoms with Gasteiger partial charge in [0.05, 0.1) is 10.9 Å². The van der Waals surface area contributed by atoms with Gasteiger partial charge in [0.15, 0.2) is 0 Å². The molecule has 4 rings (SSSR count). The predicted molar refractivity (Wildman–Crippen MR) is 117 cm³/mol. The molecule has 3 aromatic carbocycles. The molecule has 150 valence electrons. The molecule has 6 nitrogen and oxygen atoms in total. The van der Waals surface area contributed by atoms with Gasteiger partial charge in [-0.05, 0) is 61.0 Å². The molecule has 6 heteroatoms. The fraction of sp³-hybridized carbons (Fsp3) is 0.125. The van der Waals surface area contributed by atoms with Crippen LogP contribution in [0.2, 0.25) is 0 Å². The number of aryl methyl sites for hydroxylation is 2. The van der Waals surface area contributed by atoms with Crippen LogP contribution in [-0.2, 0) is 11.2 Å². The monoisotopic (exact) mass is 399 g/mol. The third-order valence-electron chi connectivity index (χ3n) is 4.61. The number of para-hydroxylation sites is 1. The Morgan fingerprint density at radius 1 is 1.00 bits per heavy atom. The van der Waals surface area contributed by atoms with E-state index in [0.29, 0.717) is 34.6 Å². The fourth-order valence-electron chi connectivity index (χ4n) is 3.13. The van der Waals surface area contributed by atoms with Gasteiger partial charge in [0.25, 0.3) is 5.56 Å². The van der Waals surface area contributed by atoms with Gasteiger partial charge < -0.3 is 15.0 Å². The van der Waals surface area contributed by atoms with E-state index in [4.69, 9.17) is 4.74 Å². The van der Waals surface area contributed by atoms with E-state index in [2.05, 4.69) is 15.3 Å². The number of aromatic amines is 1. The summed E-state index contributed by atoms with van der Waals surface area (Å²) in [7, 11) is 0. The molecule has 30 heavy (non-hydrogen) atoms. The first-order valence-corrected chi connectivity index (χ1v) is 9.69. The largest absolute Gasteiger partial charge is 0.457 e. The second-order valence-corrected chi connectivity index (χ2v) is 7.02. The minimum absolute atomic E-state index is 0.154. The Labute approximate surface area is 173 Å². The first kappa shape index (κ1) is 19.4.